The molecule has 2 aromatic rings. The van der Waals surface area contributed by atoms with Crippen LogP contribution >= 0.6 is 11.6 Å². The number of nitrogens with one attached hydrogen (secondary N) is 1. The van der Waals surface area contributed by atoms with Crippen LogP contribution in [0.2, 0.25) is 5.02 Å². The molecule has 0 radical (unpaired) electrons. The highest BCUT2D eigenvalue weighted by atomic mass is 35.5. The van der Waals surface area contributed by atoms with Gasteiger partial charge in [-0.1, -0.05) is 36.2 Å². The van der Waals surface area contributed by atoms with E-state index in [0.29, 0.717) is 22.1 Å². The SMILES string of the molecule is COc1cc(C(=O)NC2CS(=O)(=O)CC2N2CCCCC2)ccc1OCc1ccccc1Cl. The summed E-state index contributed by atoms with van der Waals surface area (Å²) in [5.41, 5.74) is 1.23. The van der Waals surface area contributed by atoms with Crippen LogP contribution in [0.1, 0.15) is 35.2 Å². The van der Waals surface area contributed by atoms with Crippen molar-refractivity contribution >= 4 is 27.3 Å². The molecule has 7 nitrogen and oxygen atoms in total. The van der Waals surface area contributed by atoms with Gasteiger partial charge < -0.3 is 14.8 Å². The minimum Gasteiger partial charge on any atom is -0.493 e. The average Bonchev–Trinajstić information content (AvgIpc) is 3.12. The van der Waals surface area contributed by atoms with Crippen LogP contribution in [0.4, 0.5) is 0 Å². The van der Waals surface area contributed by atoms with Crippen molar-refractivity contribution in [1.82, 2.24) is 10.2 Å². The Morgan fingerprint density at radius 3 is 2.58 bits per heavy atom. The number of benzene rings is 2. The standard InChI is InChI=1S/C24H29ClN2O5S/c1-31-23-13-17(9-10-22(23)32-14-18-7-3-4-8-19(18)25)24(28)26-20-15-33(29,30)16-21(20)27-11-5-2-6-12-27/h3-4,7-10,13,20-21H,2,5-6,11-12,14-16H2,1H3,(H,26,28). The Morgan fingerprint density at radius 1 is 1.09 bits per heavy atom. The maximum absolute atomic E-state index is 13.0. The first-order valence-electron chi connectivity index (χ1n) is 11.2. The van der Waals surface area contributed by atoms with Gasteiger partial charge in [-0.2, -0.15) is 0 Å². The summed E-state index contributed by atoms with van der Waals surface area (Å²) in [6.07, 6.45) is 3.28. The lowest BCUT2D eigenvalue weighted by Gasteiger charge is -2.35. The van der Waals surface area contributed by atoms with Crippen LogP contribution < -0.4 is 14.8 Å². The molecule has 4 rings (SSSR count). The largest absolute Gasteiger partial charge is 0.493 e. The van der Waals surface area contributed by atoms with E-state index < -0.39 is 15.9 Å². The normalized spacial score (nSPS) is 22.6. The second-order valence-electron chi connectivity index (χ2n) is 8.57. The number of hydrogen-bond donors (Lipinski definition) is 1. The first-order chi connectivity index (χ1) is 15.9. The van der Waals surface area contributed by atoms with E-state index in [2.05, 4.69) is 10.2 Å². The molecular weight excluding hydrogens is 464 g/mol. The summed E-state index contributed by atoms with van der Waals surface area (Å²) in [6, 6.07) is 11.7. The van der Waals surface area contributed by atoms with Gasteiger partial charge in [-0.25, -0.2) is 8.42 Å². The zero-order chi connectivity index (χ0) is 23.4. The molecule has 0 saturated carbocycles. The van der Waals surface area contributed by atoms with Gasteiger partial charge in [0.15, 0.2) is 21.3 Å². The van der Waals surface area contributed by atoms with Crippen LogP contribution in [0.25, 0.3) is 0 Å². The molecule has 1 amide bonds. The molecule has 2 aliphatic heterocycles. The molecule has 2 aliphatic rings. The van der Waals surface area contributed by atoms with Gasteiger partial charge in [0, 0.05) is 22.2 Å². The van der Waals surface area contributed by atoms with Gasteiger partial charge in [-0.15, -0.1) is 0 Å². The minimum absolute atomic E-state index is 0.0317. The number of piperidine rings is 1. The fourth-order valence-corrected chi connectivity index (χ4v) is 6.67. The fraction of sp³-hybridized carbons (Fsp3) is 0.458. The van der Waals surface area contributed by atoms with Crippen molar-refractivity contribution in [2.75, 3.05) is 31.7 Å². The molecule has 0 bridgehead atoms. The van der Waals surface area contributed by atoms with Crippen molar-refractivity contribution in [2.24, 2.45) is 0 Å². The summed E-state index contributed by atoms with van der Waals surface area (Å²) in [5, 5.41) is 3.57. The lowest BCUT2D eigenvalue weighted by Crippen LogP contribution is -2.52. The number of methoxy groups -OCH3 is 1. The number of rotatable bonds is 7. The molecule has 33 heavy (non-hydrogen) atoms. The van der Waals surface area contributed by atoms with E-state index in [1.54, 1.807) is 24.3 Å². The summed E-state index contributed by atoms with van der Waals surface area (Å²) in [4.78, 5) is 15.2. The van der Waals surface area contributed by atoms with Gasteiger partial charge in [0.25, 0.3) is 5.91 Å². The van der Waals surface area contributed by atoms with Crippen LogP contribution in [0.3, 0.4) is 0 Å². The Balaban J connectivity index is 1.45. The van der Waals surface area contributed by atoms with Gasteiger partial charge in [0.05, 0.1) is 24.7 Å². The highest BCUT2D eigenvalue weighted by molar-refractivity contribution is 7.91. The van der Waals surface area contributed by atoms with Gasteiger partial charge in [0.2, 0.25) is 0 Å². The summed E-state index contributed by atoms with van der Waals surface area (Å²) >= 11 is 6.19. The topological polar surface area (TPSA) is 84.9 Å². The number of ether oxygens (including phenoxy) is 2. The van der Waals surface area contributed by atoms with Crippen molar-refractivity contribution in [3.05, 3.63) is 58.6 Å². The smallest absolute Gasteiger partial charge is 0.251 e. The summed E-state index contributed by atoms with van der Waals surface area (Å²) < 4.78 is 36.0. The molecule has 0 spiro atoms. The van der Waals surface area contributed by atoms with Gasteiger partial charge in [-0.3, -0.25) is 9.69 Å². The van der Waals surface area contributed by atoms with E-state index in [0.717, 1.165) is 37.9 Å². The quantitative estimate of drug-likeness (QED) is 0.638. The molecule has 2 atom stereocenters. The molecule has 178 valence electrons. The van der Waals surface area contributed by atoms with Crippen molar-refractivity contribution < 1.29 is 22.7 Å². The third-order valence-electron chi connectivity index (χ3n) is 6.27. The Hall–Kier alpha value is -2.29. The molecule has 2 heterocycles. The van der Waals surface area contributed by atoms with Crippen LogP contribution in [0, 0.1) is 0 Å². The molecule has 0 aromatic heterocycles. The molecule has 2 fully saturated rings. The van der Waals surface area contributed by atoms with Crippen LogP contribution in [0.5, 0.6) is 11.5 Å². The number of halogens is 1. The van der Waals surface area contributed by atoms with E-state index in [9.17, 15) is 13.2 Å². The maximum atomic E-state index is 13.0. The molecular formula is C24H29ClN2O5S. The highest BCUT2D eigenvalue weighted by Crippen LogP contribution is 2.30. The molecule has 1 N–H and O–H groups in total. The van der Waals surface area contributed by atoms with Crippen molar-refractivity contribution in [3.8, 4) is 11.5 Å². The summed E-state index contributed by atoms with van der Waals surface area (Å²) in [7, 11) is -1.68. The Labute approximate surface area is 199 Å². The first-order valence-corrected chi connectivity index (χ1v) is 13.4. The average molecular weight is 493 g/mol. The number of carbonyl (C=O) groups is 1. The van der Waals surface area contributed by atoms with Crippen molar-refractivity contribution in [3.63, 3.8) is 0 Å². The van der Waals surface area contributed by atoms with Gasteiger partial charge in [0.1, 0.15) is 6.61 Å². The Bertz CT molecular complexity index is 1100. The zero-order valence-corrected chi connectivity index (χ0v) is 20.2. The van der Waals surface area contributed by atoms with Crippen LogP contribution in [-0.4, -0.2) is 63.0 Å². The number of sulfone groups is 1. The van der Waals surface area contributed by atoms with Crippen LogP contribution in [-0.2, 0) is 16.4 Å². The highest BCUT2D eigenvalue weighted by Gasteiger charge is 2.42. The van der Waals surface area contributed by atoms with E-state index in [1.165, 1.54) is 7.11 Å². The van der Waals surface area contributed by atoms with Crippen molar-refractivity contribution in [1.29, 1.82) is 0 Å². The van der Waals surface area contributed by atoms with E-state index >= 15 is 0 Å². The van der Waals surface area contributed by atoms with E-state index in [-0.39, 0.29) is 30.1 Å². The van der Waals surface area contributed by atoms with Gasteiger partial charge >= 0.3 is 0 Å². The molecule has 2 saturated heterocycles. The maximum Gasteiger partial charge on any atom is 0.251 e. The lowest BCUT2D eigenvalue weighted by atomic mass is 10.0. The van der Waals surface area contributed by atoms with E-state index in [1.807, 2.05) is 18.2 Å². The number of hydrogen-bond acceptors (Lipinski definition) is 6. The molecule has 2 aromatic carbocycles. The minimum atomic E-state index is -3.19. The second-order valence-corrected chi connectivity index (χ2v) is 11.1. The summed E-state index contributed by atoms with van der Waals surface area (Å²) in [6.45, 7) is 2.01. The lowest BCUT2D eigenvalue weighted by molar-refractivity contribution is 0.0899. The van der Waals surface area contributed by atoms with Crippen LogP contribution in [0.15, 0.2) is 42.5 Å². The Kier molecular flexibility index (Phi) is 7.46. The third kappa shape index (κ3) is 5.80. The van der Waals surface area contributed by atoms with Gasteiger partial charge in [-0.05, 0) is 50.2 Å². The summed E-state index contributed by atoms with van der Waals surface area (Å²) in [5.74, 6) is 0.645. The predicted octanol–water partition coefficient (Wildman–Crippen LogP) is 3.31. The fourth-order valence-electron chi connectivity index (χ4n) is 4.53. The van der Waals surface area contributed by atoms with Crippen molar-refractivity contribution in [2.45, 2.75) is 38.0 Å². The molecule has 2 unspecified atom stereocenters. The number of nitrogens with zero attached hydrogens (tertiary/aromatic N) is 1. The predicted molar refractivity (Wildman–Crippen MR) is 128 cm³/mol. The Morgan fingerprint density at radius 2 is 1.85 bits per heavy atom. The second kappa shape index (κ2) is 10.3. The van der Waals surface area contributed by atoms with E-state index in [4.69, 9.17) is 21.1 Å². The third-order valence-corrected chi connectivity index (χ3v) is 8.35. The zero-order valence-electron chi connectivity index (χ0n) is 18.6. The number of amides is 1. The molecule has 9 heteroatoms. The molecule has 0 aliphatic carbocycles. The number of likely N-dealkylation sites (tertiary alicyclic amines) is 1. The number of carbonyl (C=O) groups excluding carboxylic acids is 1. The monoisotopic (exact) mass is 492 g/mol. The first kappa shape index (κ1) is 23.9.